The number of nitrogens with zero attached hydrogens (tertiary/aromatic N) is 2. The SMILES string of the molecule is Cc1ncnc(O)c1CC1SCCS1. The Balaban J connectivity index is 2.14. The van der Waals surface area contributed by atoms with Gasteiger partial charge in [-0.2, -0.15) is 0 Å². The molecule has 0 aliphatic carbocycles. The second-order valence-corrected chi connectivity index (χ2v) is 6.06. The first-order valence-electron chi connectivity index (χ1n) is 4.50. The van der Waals surface area contributed by atoms with Gasteiger partial charge in [0.05, 0.1) is 4.58 Å². The van der Waals surface area contributed by atoms with Crippen LogP contribution in [-0.4, -0.2) is 31.2 Å². The van der Waals surface area contributed by atoms with Gasteiger partial charge in [0.25, 0.3) is 0 Å². The maximum atomic E-state index is 9.58. The van der Waals surface area contributed by atoms with Crippen molar-refractivity contribution < 1.29 is 5.11 Å². The molecule has 0 atom stereocenters. The van der Waals surface area contributed by atoms with Gasteiger partial charge in [0, 0.05) is 29.2 Å². The van der Waals surface area contributed by atoms with Crippen LogP contribution >= 0.6 is 23.5 Å². The second-order valence-electron chi connectivity index (χ2n) is 3.14. The van der Waals surface area contributed by atoms with E-state index in [1.165, 1.54) is 17.8 Å². The number of rotatable bonds is 2. The summed E-state index contributed by atoms with van der Waals surface area (Å²) in [7, 11) is 0. The highest BCUT2D eigenvalue weighted by atomic mass is 32.2. The van der Waals surface area contributed by atoms with E-state index >= 15 is 0 Å². The number of aromatic hydroxyl groups is 1. The smallest absolute Gasteiger partial charge is 0.217 e. The van der Waals surface area contributed by atoms with Crippen LogP contribution < -0.4 is 0 Å². The van der Waals surface area contributed by atoms with E-state index in [4.69, 9.17) is 0 Å². The summed E-state index contributed by atoms with van der Waals surface area (Å²) in [5.74, 6) is 2.57. The predicted octanol–water partition coefficient (Wildman–Crippen LogP) is 1.84. The van der Waals surface area contributed by atoms with Crippen LogP contribution in [0.1, 0.15) is 11.3 Å². The molecule has 0 bridgehead atoms. The number of aryl methyl sites for hydroxylation is 1. The summed E-state index contributed by atoms with van der Waals surface area (Å²) in [4.78, 5) is 7.90. The Bertz CT molecular complexity index is 306. The molecule has 0 amide bonds. The van der Waals surface area contributed by atoms with Gasteiger partial charge >= 0.3 is 0 Å². The van der Waals surface area contributed by atoms with E-state index in [1.54, 1.807) is 0 Å². The van der Waals surface area contributed by atoms with Crippen molar-refractivity contribution in [2.45, 2.75) is 17.9 Å². The van der Waals surface area contributed by atoms with Gasteiger partial charge < -0.3 is 5.11 Å². The van der Waals surface area contributed by atoms with Crippen molar-refractivity contribution in [2.75, 3.05) is 11.5 Å². The molecule has 3 nitrogen and oxygen atoms in total. The summed E-state index contributed by atoms with van der Waals surface area (Å²) in [6.07, 6.45) is 2.27. The lowest BCUT2D eigenvalue weighted by atomic mass is 10.2. The Morgan fingerprint density at radius 1 is 1.43 bits per heavy atom. The van der Waals surface area contributed by atoms with Crippen molar-refractivity contribution in [1.82, 2.24) is 9.97 Å². The molecule has 1 fully saturated rings. The van der Waals surface area contributed by atoms with E-state index in [0.717, 1.165) is 17.7 Å². The highest BCUT2D eigenvalue weighted by Gasteiger charge is 2.19. The maximum absolute atomic E-state index is 9.58. The van der Waals surface area contributed by atoms with Gasteiger partial charge in [-0.1, -0.05) is 0 Å². The highest BCUT2D eigenvalue weighted by Crippen LogP contribution is 2.35. The number of aromatic nitrogens is 2. The van der Waals surface area contributed by atoms with Crippen LogP contribution in [0.3, 0.4) is 0 Å². The zero-order chi connectivity index (χ0) is 9.97. The van der Waals surface area contributed by atoms with E-state index in [9.17, 15) is 5.11 Å². The predicted molar refractivity (Wildman–Crippen MR) is 60.8 cm³/mol. The van der Waals surface area contributed by atoms with Crippen LogP contribution in [0.15, 0.2) is 6.33 Å². The molecule has 2 heterocycles. The molecule has 1 aromatic rings. The Labute approximate surface area is 91.7 Å². The number of hydrogen-bond donors (Lipinski definition) is 1. The number of thioether (sulfide) groups is 2. The lowest BCUT2D eigenvalue weighted by molar-refractivity contribution is 0.443. The van der Waals surface area contributed by atoms with Crippen LogP contribution in [0.2, 0.25) is 0 Å². The minimum absolute atomic E-state index is 0.144. The molecule has 1 N–H and O–H groups in total. The number of hydrogen-bond acceptors (Lipinski definition) is 5. The molecule has 0 unspecified atom stereocenters. The molecule has 0 radical (unpaired) electrons. The van der Waals surface area contributed by atoms with Crippen molar-refractivity contribution in [3.8, 4) is 5.88 Å². The summed E-state index contributed by atoms with van der Waals surface area (Å²) in [6.45, 7) is 1.92. The van der Waals surface area contributed by atoms with Crippen LogP contribution in [0.25, 0.3) is 0 Å². The molecule has 1 aliphatic heterocycles. The van der Waals surface area contributed by atoms with Crippen molar-refractivity contribution in [3.63, 3.8) is 0 Å². The minimum atomic E-state index is 0.144. The topological polar surface area (TPSA) is 46.0 Å². The van der Waals surface area contributed by atoms with E-state index in [2.05, 4.69) is 9.97 Å². The summed E-state index contributed by atoms with van der Waals surface area (Å²) in [5.41, 5.74) is 1.80. The zero-order valence-electron chi connectivity index (χ0n) is 7.93. The third-order valence-electron chi connectivity index (χ3n) is 2.20. The Kier molecular flexibility index (Phi) is 3.18. The van der Waals surface area contributed by atoms with Crippen LogP contribution in [0.4, 0.5) is 0 Å². The first-order chi connectivity index (χ1) is 6.77. The molecule has 76 valence electrons. The van der Waals surface area contributed by atoms with Gasteiger partial charge in [0.1, 0.15) is 6.33 Å². The monoisotopic (exact) mass is 228 g/mol. The third kappa shape index (κ3) is 2.15. The lowest BCUT2D eigenvalue weighted by Gasteiger charge is -2.10. The Hall–Kier alpha value is -0.420. The molecule has 0 spiro atoms. The standard InChI is InChI=1S/C9H12N2OS2/c1-6-7(9(12)11-5-10-6)4-8-13-2-3-14-8/h5,8H,2-4H2,1H3,(H,10,11,12). The van der Waals surface area contributed by atoms with Crippen molar-refractivity contribution in [2.24, 2.45) is 0 Å². The molecule has 2 rings (SSSR count). The molecule has 0 saturated carbocycles. The average molecular weight is 228 g/mol. The molecule has 1 aliphatic rings. The Morgan fingerprint density at radius 2 is 2.14 bits per heavy atom. The molecule has 5 heteroatoms. The van der Waals surface area contributed by atoms with Crippen LogP contribution in [0, 0.1) is 6.92 Å². The van der Waals surface area contributed by atoms with E-state index < -0.39 is 0 Å². The van der Waals surface area contributed by atoms with Crippen molar-refractivity contribution in [3.05, 3.63) is 17.6 Å². The quantitative estimate of drug-likeness (QED) is 0.837. The van der Waals surface area contributed by atoms with Gasteiger partial charge in [0.2, 0.25) is 5.88 Å². The average Bonchev–Trinajstić information content (AvgIpc) is 2.64. The van der Waals surface area contributed by atoms with E-state index in [-0.39, 0.29) is 5.88 Å². The first kappa shape index (κ1) is 10.1. The zero-order valence-corrected chi connectivity index (χ0v) is 9.57. The minimum Gasteiger partial charge on any atom is -0.493 e. The van der Waals surface area contributed by atoms with Crippen LogP contribution in [-0.2, 0) is 6.42 Å². The normalized spacial score (nSPS) is 17.5. The van der Waals surface area contributed by atoms with E-state index in [0.29, 0.717) is 4.58 Å². The van der Waals surface area contributed by atoms with Gasteiger partial charge in [-0.3, -0.25) is 0 Å². The van der Waals surface area contributed by atoms with Crippen molar-refractivity contribution in [1.29, 1.82) is 0 Å². The van der Waals surface area contributed by atoms with Crippen molar-refractivity contribution >= 4 is 23.5 Å². The fourth-order valence-corrected chi connectivity index (χ4v) is 4.25. The second kappa shape index (κ2) is 4.40. The lowest BCUT2D eigenvalue weighted by Crippen LogP contribution is -2.03. The fraction of sp³-hybridized carbons (Fsp3) is 0.556. The first-order valence-corrected chi connectivity index (χ1v) is 6.60. The van der Waals surface area contributed by atoms with Gasteiger partial charge in [-0.15, -0.1) is 23.5 Å². The van der Waals surface area contributed by atoms with E-state index in [1.807, 2.05) is 30.4 Å². The summed E-state index contributed by atoms with van der Waals surface area (Å²) in [5, 5.41) is 9.58. The van der Waals surface area contributed by atoms with Gasteiger partial charge in [-0.05, 0) is 6.92 Å². The van der Waals surface area contributed by atoms with Gasteiger partial charge in [-0.25, -0.2) is 9.97 Å². The van der Waals surface area contributed by atoms with Gasteiger partial charge in [0.15, 0.2) is 0 Å². The summed E-state index contributed by atoms with van der Waals surface area (Å²) in [6, 6.07) is 0. The molecule has 1 aromatic heterocycles. The maximum Gasteiger partial charge on any atom is 0.217 e. The highest BCUT2D eigenvalue weighted by molar-refractivity contribution is 8.20. The molecular formula is C9H12N2OS2. The molecular weight excluding hydrogens is 216 g/mol. The molecule has 1 saturated heterocycles. The molecule has 14 heavy (non-hydrogen) atoms. The molecule has 0 aromatic carbocycles. The largest absolute Gasteiger partial charge is 0.493 e. The fourth-order valence-electron chi connectivity index (χ4n) is 1.42. The Morgan fingerprint density at radius 3 is 2.79 bits per heavy atom. The summed E-state index contributed by atoms with van der Waals surface area (Å²) >= 11 is 3.90. The third-order valence-corrected chi connectivity index (χ3v) is 5.23. The van der Waals surface area contributed by atoms with Crippen LogP contribution in [0.5, 0.6) is 5.88 Å². The summed E-state index contributed by atoms with van der Waals surface area (Å²) < 4.78 is 0.561.